The number of nitrogens with one attached hydrogen (secondary N) is 1. The quantitative estimate of drug-likeness (QED) is 0.705. The van der Waals surface area contributed by atoms with E-state index in [1.807, 2.05) is 17.0 Å². The molecule has 0 aliphatic carbocycles. The Hall–Kier alpha value is -3.22. The van der Waals surface area contributed by atoms with Gasteiger partial charge in [-0.05, 0) is 42.5 Å². The van der Waals surface area contributed by atoms with Crippen molar-refractivity contribution in [1.82, 2.24) is 19.9 Å². The highest BCUT2D eigenvalue weighted by molar-refractivity contribution is 5.79. The largest absolute Gasteiger partial charge is 0.352 e. The Morgan fingerprint density at radius 2 is 1.97 bits per heavy atom. The molecule has 0 spiro atoms. The number of anilines is 1. The average Bonchev–Trinajstić information content (AvgIpc) is 2.80. The van der Waals surface area contributed by atoms with Crippen molar-refractivity contribution in [2.45, 2.75) is 32.7 Å². The third kappa shape index (κ3) is 4.06. The highest BCUT2D eigenvalue weighted by atomic mass is 16.2. The van der Waals surface area contributed by atoms with Gasteiger partial charge >= 0.3 is 0 Å². The van der Waals surface area contributed by atoms with E-state index in [0.717, 1.165) is 31.4 Å². The molecule has 1 aromatic carbocycles. The molecule has 3 heterocycles. The molecule has 3 aromatic rings. The number of nitrogens with zero attached hydrogens (tertiary/aromatic N) is 4. The summed E-state index contributed by atoms with van der Waals surface area (Å²) in [4.78, 5) is 36.4. The summed E-state index contributed by atoms with van der Waals surface area (Å²) in [7, 11) is 1.71. The summed E-state index contributed by atoms with van der Waals surface area (Å²) in [5.74, 6) is 0.258. The molecule has 1 saturated heterocycles. The van der Waals surface area contributed by atoms with Gasteiger partial charge in [0, 0.05) is 32.9 Å². The second-order valence-electron chi connectivity index (χ2n) is 7.82. The Morgan fingerprint density at radius 3 is 2.73 bits per heavy atom. The molecular weight excluding hydrogens is 378 g/mol. The molecule has 1 fully saturated rings. The summed E-state index contributed by atoms with van der Waals surface area (Å²) in [5.41, 5.74) is 3.43. The molecule has 1 atom stereocenters. The standard InChI is InChI=1S/C23H27N5O2/c1-3-16-8-10-17(11-9-16)14-25-22(29)18-6-5-13-28(15-18)21-23(30)27(2)20-19(26-21)7-4-12-24-20/h4,7-12,18H,3,5-6,13-15H2,1-2H3,(H,25,29)/t18-/m1/s1. The summed E-state index contributed by atoms with van der Waals surface area (Å²) >= 11 is 0. The van der Waals surface area contributed by atoms with Crippen LogP contribution in [0.5, 0.6) is 0 Å². The molecule has 0 bridgehead atoms. The molecule has 7 nitrogen and oxygen atoms in total. The maximum absolute atomic E-state index is 12.8. The molecule has 30 heavy (non-hydrogen) atoms. The molecule has 1 aliphatic heterocycles. The van der Waals surface area contributed by atoms with Crippen LogP contribution in [-0.2, 0) is 24.8 Å². The van der Waals surface area contributed by atoms with Crippen molar-refractivity contribution >= 4 is 22.9 Å². The van der Waals surface area contributed by atoms with Crippen molar-refractivity contribution in [2.24, 2.45) is 13.0 Å². The van der Waals surface area contributed by atoms with Gasteiger partial charge in [-0.2, -0.15) is 0 Å². The average molecular weight is 406 g/mol. The Kier molecular flexibility index (Phi) is 5.79. The molecule has 4 rings (SSSR count). The van der Waals surface area contributed by atoms with Crippen LogP contribution in [0.2, 0.25) is 0 Å². The summed E-state index contributed by atoms with van der Waals surface area (Å²) in [6, 6.07) is 12.0. The van der Waals surface area contributed by atoms with Gasteiger partial charge in [0.25, 0.3) is 5.56 Å². The van der Waals surface area contributed by atoms with Crippen LogP contribution in [0.25, 0.3) is 11.2 Å². The van der Waals surface area contributed by atoms with E-state index in [9.17, 15) is 9.59 Å². The van der Waals surface area contributed by atoms with E-state index in [4.69, 9.17) is 0 Å². The summed E-state index contributed by atoms with van der Waals surface area (Å²) < 4.78 is 1.53. The predicted molar refractivity (Wildman–Crippen MR) is 117 cm³/mol. The number of hydrogen-bond acceptors (Lipinski definition) is 5. The van der Waals surface area contributed by atoms with Crippen molar-refractivity contribution in [3.63, 3.8) is 0 Å². The minimum atomic E-state index is -0.182. The number of piperidine rings is 1. The third-order valence-electron chi connectivity index (χ3n) is 5.80. The molecule has 1 N–H and O–H groups in total. The fourth-order valence-electron chi connectivity index (χ4n) is 3.96. The highest BCUT2D eigenvalue weighted by Crippen LogP contribution is 2.21. The van der Waals surface area contributed by atoms with Gasteiger partial charge in [-0.1, -0.05) is 31.2 Å². The van der Waals surface area contributed by atoms with Crippen LogP contribution in [0.15, 0.2) is 47.4 Å². The predicted octanol–water partition coefficient (Wildman–Crippen LogP) is 2.42. The van der Waals surface area contributed by atoms with E-state index in [2.05, 4.69) is 46.5 Å². The van der Waals surface area contributed by atoms with Crippen LogP contribution in [0.4, 0.5) is 5.82 Å². The lowest BCUT2D eigenvalue weighted by atomic mass is 9.97. The maximum Gasteiger partial charge on any atom is 0.294 e. The minimum absolute atomic E-state index is 0.0264. The first-order chi connectivity index (χ1) is 14.6. The summed E-state index contributed by atoms with van der Waals surface area (Å²) in [6.45, 7) is 3.85. The first kappa shape index (κ1) is 20.1. The molecule has 156 valence electrons. The Bertz CT molecular complexity index is 1110. The smallest absolute Gasteiger partial charge is 0.294 e. The normalized spacial score (nSPS) is 16.6. The Balaban J connectivity index is 1.46. The topological polar surface area (TPSA) is 80.1 Å². The lowest BCUT2D eigenvalue weighted by Gasteiger charge is -2.32. The van der Waals surface area contributed by atoms with Gasteiger partial charge in [0.2, 0.25) is 5.91 Å². The number of pyridine rings is 1. The van der Waals surface area contributed by atoms with E-state index in [0.29, 0.717) is 30.1 Å². The fraction of sp³-hybridized carbons (Fsp3) is 0.391. The lowest BCUT2D eigenvalue weighted by molar-refractivity contribution is -0.125. The number of carbonyl (C=O) groups excluding carboxylic acids is 1. The van der Waals surface area contributed by atoms with Gasteiger partial charge < -0.3 is 10.2 Å². The first-order valence-electron chi connectivity index (χ1n) is 10.5. The van der Waals surface area contributed by atoms with E-state index < -0.39 is 0 Å². The molecule has 2 aromatic heterocycles. The van der Waals surface area contributed by atoms with Crippen LogP contribution >= 0.6 is 0 Å². The van der Waals surface area contributed by atoms with Gasteiger partial charge in [0.05, 0.1) is 5.92 Å². The number of benzene rings is 1. The Morgan fingerprint density at radius 1 is 1.20 bits per heavy atom. The lowest BCUT2D eigenvalue weighted by Crippen LogP contribution is -2.45. The van der Waals surface area contributed by atoms with Gasteiger partial charge in [0.1, 0.15) is 5.52 Å². The number of carbonyl (C=O) groups is 1. The zero-order valence-corrected chi connectivity index (χ0v) is 17.5. The fourth-order valence-corrected chi connectivity index (χ4v) is 3.96. The molecule has 1 amide bonds. The summed E-state index contributed by atoms with van der Waals surface area (Å²) in [6.07, 6.45) is 4.31. The SMILES string of the molecule is CCc1ccc(CNC(=O)[C@@H]2CCCN(c3nc4cccnc4n(C)c3=O)C2)cc1. The third-order valence-corrected chi connectivity index (χ3v) is 5.80. The number of aryl methyl sites for hydroxylation is 2. The van der Waals surface area contributed by atoms with Crippen molar-refractivity contribution in [1.29, 1.82) is 0 Å². The first-order valence-corrected chi connectivity index (χ1v) is 10.5. The van der Waals surface area contributed by atoms with E-state index in [1.54, 1.807) is 13.2 Å². The van der Waals surface area contributed by atoms with Crippen LogP contribution in [0.1, 0.15) is 30.9 Å². The van der Waals surface area contributed by atoms with Crippen molar-refractivity contribution in [3.8, 4) is 0 Å². The van der Waals surface area contributed by atoms with Crippen LogP contribution in [0.3, 0.4) is 0 Å². The van der Waals surface area contributed by atoms with Gasteiger partial charge in [-0.25, -0.2) is 9.97 Å². The van der Waals surface area contributed by atoms with Crippen molar-refractivity contribution < 1.29 is 4.79 Å². The van der Waals surface area contributed by atoms with Gasteiger partial charge in [-0.3, -0.25) is 14.2 Å². The minimum Gasteiger partial charge on any atom is -0.352 e. The van der Waals surface area contributed by atoms with Crippen LogP contribution in [0, 0.1) is 5.92 Å². The molecule has 1 aliphatic rings. The second-order valence-corrected chi connectivity index (χ2v) is 7.82. The number of fused-ring (bicyclic) bond motifs is 1. The van der Waals surface area contributed by atoms with Gasteiger partial charge in [0.15, 0.2) is 11.5 Å². The number of aromatic nitrogens is 3. The van der Waals surface area contributed by atoms with Gasteiger partial charge in [-0.15, -0.1) is 0 Å². The van der Waals surface area contributed by atoms with E-state index in [-0.39, 0.29) is 17.4 Å². The summed E-state index contributed by atoms with van der Waals surface area (Å²) in [5, 5.41) is 3.05. The Labute approximate surface area is 175 Å². The number of amides is 1. The highest BCUT2D eigenvalue weighted by Gasteiger charge is 2.28. The number of rotatable bonds is 5. The molecular formula is C23H27N5O2. The van der Waals surface area contributed by atoms with Crippen LogP contribution in [-0.4, -0.2) is 33.5 Å². The van der Waals surface area contributed by atoms with Crippen LogP contribution < -0.4 is 15.8 Å². The zero-order chi connectivity index (χ0) is 21.1. The van der Waals surface area contributed by atoms with E-state index >= 15 is 0 Å². The van der Waals surface area contributed by atoms with Crippen molar-refractivity contribution in [2.75, 3.05) is 18.0 Å². The van der Waals surface area contributed by atoms with E-state index in [1.165, 1.54) is 10.1 Å². The molecule has 7 heteroatoms. The second kappa shape index (κ2) is 8.65. The van der Waals surface area contributed by atoms with Crippen molar-refractivity contribution in [3.05, 3.63) is 64.1 Å². The molecule has 0 radical (unpaired) electrons. The number of hydrogen-bond donors (Lipinski definition) is 1. The molecule has 0 saturated carbocycles. The monoisotopic (exact) mass is 405 g/mol. The molecule has 0 unspecified atom stereocenters. The maximum atomic E-state index is 12.8. The zero-order valence-electron chi connectivity index (χ0n) is 17.5.